The van der Waals surface area contributed by atoms with Crippen molar-refractivity contribution in [2.45, 2.75) is 39.3 Å². The lowest BCUT2D eigenvalue weighted by molar-refractivity contribution is -0.137. The normalized spacial score (nSPS) is 22.8. The smallest absolute Gasteiger partial charge is 0.325 e. The zero-order valence-corrected chi connectivity index (χ0v) is 9.60. The van der Waals surface area contributed by atoms with E-state index in [1.54, 1.807) is 10.9 Å². The van der Waals surface area contributed by atoms with Gasteiger partial charge in [-0.3, -0.25) is 9.48 Å². The summed E-state index contributed by atoms with van der Waals surface area (Å²) in [5, 5.41) is 12.9. The second-order valence-corrected chi connectivity index (χ2v) is 5.25. The lowest BCUT2D eigenvalue weighted by atomic mass is 9.75. The Morgan fingerprint density at radius 2 is 2.44 bits per heavy atom. The van der Waals surface area contributed by atoms with Crippen LogP contribution in [0.4, 0.5) is 0 Å². The van der Waals surface area contributed by atoms with E-state index in [-0.39, 0.29) is 18.0 Å². The molecular formula is C11H17N3O2. The summed E-state index contributed by atoms with van der Waals surface area (Å²) in [5.74, 6) is -0.872. The Balaban J connectivity index is 2.37. The van der Waals surface area contributed by atoms with Crippen LogP contribution in [0.1, 0.15) is 37.6 Å². The number of aromatic nitrogens is 2. The third kappa shape index (κ3) is 1.95. The highest BCUT2D eigenvalue weighted by Crippen LogP contribution is 2.39. The van der Waals surface area contributed by atoms with Crippen molar-refractivity contribution in [1.29, 1.82) is 0 Å². The third-order valence-electron chi connectivity index (χ3n) is 3.08. The molecule has 1 aliphatic carbocycles. The average molecular weight is 223 g/mol. The van der Waals surface area contributed by atoms with Crippen molar-refractivity contribution >= 4 is 5.97 Å². The zero-order valence-electron chi connectivity index (χ0n) is 9.60. The predicted octanol–water partition coefficient (Wildman–Crippen LogP) is 0.940. The van der Waals surface area contributed by atoms with Crippen LogP contribution in [0.3, 0.4) is 0 Å². The SMILES string of the molecule is CC1(C)Cc2c(cnn2CC(=O)O)C(N)C1. The van der Waals surface area contributed by atoms with E-state index in [1.807, 2.05) is 0 Å². The molecule has 0 saturated heterocycles. The first-order chi connectivity index (χ1) is 7.39. The lowest BCUT2D eigenvalue weighted by Gasteiger charge is -2.33. The van der Waals surface area contributed by atoms with Gasteiger partial charge in [-0.25, -0.2) is 0 Å². The molecule has 0 radical (unpaired) electrons. The fraction of sp³-hybridized carbons (Fsp3) is 0.636. The Kier molecular flexibility index (Phi) is 2.50. The van der Waals surface area contributed by atoms with Gasteiger partial charge in [0.2, 0.25) is 0 Å². The summed E-state index contributed by atoms with van der Waals surface area (Å²) < 4.78 is 1.55. The van der Waals surface area contributed by atoms with Crippen LogP contribution >= 0.6 is 0 Å². The Morgan fingerprint density at radius 3 is 3.06 bits per heavy atom. The molecule has 0 saturated carbocycles. The van der Waals surface area contributed by atoms with Gasteiger partial charge in [0.05, 0.1) is 6.20 Å². The lowest BCUT2D eigenvalue weighted by Crippen LogP contribution is -2.31. The average Bonchev–Trinajstić information content (AvgIpc) is 2.45. The van der Waals surface area contributed by atoms with Crippen LogP contribution in [-0.2, 0) is 17.8 Å². The second-order valence-electron chi connectivity index (χ2n) is 5.25. The van der Waals surface area contributed by atoms with Gasteiger partial charge in [0.25, 0.3) is 0 Å². The van der Waals surface area contributed by atoms with Crippen molar-refractivity contribution < 1.29 is 9.90 Å². The van der Waals surface area contributed by atoms with E-state index in [2.05, 4.69) is 18.9 Å². The summed E-state index contributed by atoms with van der Waals surface area (Å²) in [6, 6.07) is -0.0266. The van der Waals surface area contributed by atoms with Gasteiger partial charge >= 0.3 is 5.97 Å². The number of hydrogen-bond acceptors (Lipinski definition) is 3. The van der Waals surface area contributed by atoms with Crippen LogP contribution in [0.5, 0.6) is 0 Å². The number of aliphatic carboxylic acids is 1. The molecule has 0 amide bonds. The minimum atomic E-state index is -0.872. The maximum absolute atomic E-state index is 10.7. The second kappa shape index (κ2) is 3.59. The highest BCUT2D eigenvalue weighted by molar-refractivity contribution is 5.66. The molecule has 3 N–H and O–H groups in total. The molecule has 0 fully saturated rings. The van der Waals surface area contributed by atoms with E-state index in [1.165, 1.54) is 0 Å². The number of rotatable bonds is 2. The molecule has 1 aromatic heterocycles. The molecule has 88 valence electrons. The van der Waals surface area contributed by atoms with Crippen molar-refractivity contribution in [3.63, 3.8) is 0 Å². The van der Waals surface area contributed by atoms with Crippen LogP contribution in [0.2, 0.25) is 0 Å². The number of carboxylic acids is 1. The minimum absolute atomic E-state index is 0.0266. The van der Waals surface area contributed by atoms with Crippen LogP contribution in [-0.4, -0.2) is 20.9 Å². The number of fused-ring (bicyclic) bond motifs is 1. The molecule has 1 heterocycles. The minimum Gasteiger partial charge on any atom is -0.480 e. The molecule has 1 atom stereocenters. The van der Waals surface area contributed by atoms with Gasteiger partial charge in [0.15, 0.2) is 0 Å². The monoisotopic (exact) mass is 223 g/mol. The highest BCUT2D eigenvalue weighted by Gasteiger charge is 2.33. The van der Waals surface area contributed by atoms with Crippen LogP contribution in [0.15, 0.2) is 6.20 Å². The number of hydrogen-bond donors (Lipinski definition) is 2. The quantitative estimate of drug-likeness (QED) is 0.781. The molecule has 1 unspecified atom stereocenters. The van der Waals surface area contributed by atoms with Crippen LogP contribution in [0.25, 0.3) is 0 Å². The summed E-state index contributed by atoms with van der Waals surface area (Å²) >= 11 is 0. The number of nitrogens with two attached hydrogens (primary N) is 1. The number of carboxylic acid groups (broad SMARTS) is 1. The summed E-state index contributed by atoms with van der Waals surface area (Å²) in [6.45, 7) is 4.21. The Hall–Kier alpha value is -1.36. The number of carbonyl (C=O) groups is 1. The van der Waals surface area contributed by atoms with E-state index in [0.717, 1.165) is 24.1 Å². The molecule has 0 aliphatic heterocycles. The third-order valence-corrected chi connectivity index (χ3v) is 3.08. The molecular weight excluding hydrogens is 206 g/mol. The topological polar surface area (TPSA) is 81.1 Å². The van der Waals surface area contributed by atoms with Crippen molar-refractivity contribution in [1.82, 2.24) is 9.78 Å². The molecule has 1 aromatic rings. The summed E-state index contributed by atoms with van der Waals surface area (Å²) in [7, 11) is 0. The van der Waals surface area contributed by atoms with E-state index in [4.69, 9.17) is 10.8 Å². The summed E-state index contributed by atoms with van der Waals surface area (Å²) in [4.78, 5) is 10.7. The molecule has 1 aliphatic rings. The van der Waals surface area contributed by atoms with Crippen molar-refractivity contribution in [3.05, 3.63) is 17.5 Å². The molecule has 16 heavy (non-hydrogen) atoms. The van der Waals surface area contributed by atoms with Crippen molar-refractivity contribution in [2.24, 2.45) is 11.1 Å². The van der Waals surface area contributed by atoms with E-state index < -0.39 is 5.97 Å². The molecule has 2 rings (SSSR count). The molecule has 5 nitrogen and oxygen atoms in total. The van der Waals surface area contributed by atoms with Crippen molar-refractivity contribution in [2.75, 3.05) is 0 Å². The Morgan fingerprint density at radius 1 is 1.75 bits per heavy atom. The van der Waals surface area contributed by atoms with E-state index >= 15 is 0 Å². The maximum Gasteiger partial charge on any atom is 0.325 e. The number of nitrogens with zero attached hydrogens (tertiary/aromatic N) is 2. The molecule has 5 heteroatoms. The summed E-state index contributed by atoms with van der Waals surface area (Å²) in [6.07, 6.45) is 3.46. The van der Waals surface area contributed by atoms with E-state index in [0.29, 0.717) is 0 Å². The Labute approximate surface area is 94.2 Å². The van der Waals surface area contributed by atoms with Gasteiger partial charge in [0, 0.05) is 17.3 Å². The van der Waals surface area contributed by atoms with Crippen LogP contribution in [0, 0.1) is 5.41 Å². The van der Waals surface area contributed by atoms with Gasteiger partial charge in [-0.2, -0.15) is 5.10 Å². The summed E-state index contributed by atoms with van der Waals surface area (Å²) in [5.41, 5.74) is 8.16. The Bertz CT molecular complexity index is 423. The van der Waals surface area contributed by atoms with Crippen LogP contribution < -0.4 is 5.73 Å². The zero-order chi connectivity index (χ0) is 11.9. The highest BCUT2D eigenvalue weighted by atomic mass is 16.4. The van der Waals surface area contributed by atoms with E-state index in [9.17, 15) is 4.79 Å². The van der Waals surface area contributed by atoms with Gasteiger partial charge in [0.1, 0.15) is 6.54 Å². The molecule has 0 bridgehead atoms. The fourth-order valence-electron chi connectivity index (χ4n) is 2.42. The first kappa shape index (κ1) is 11.1. The van der Waals surface area contributed by atoms with Gasteiger partial charge < -0.3 is 10.8 Å². The molecule has 0 spiro atoms. The molecule has 0 aromatic carbocycles. The first-order valence-electron chi connectivity index (χ1n) is 5.41. The van der Waals surface area contributed by atoms with Gasteiger partial charge in [-0.1, -0.05) is 13.8 Å². The maximum atomic E-state index is 10.7. The first-order valence-corrected chi connectivity index (χ1v) is 5.41. The van der Waals surface area contributed by atoms with Gasteiger partial charge in [-0.05, 0) is 18.3 Å². The standard InChI is InChI=1S/C11H17N3O2/c1-11(2)3-8(12)7-5-13-14(6-10(15)16)9(7)4-11/h5,8H,3-4,6,12H2,1-2H3,(H,15,16). The fourth-order valence-corrected chi connectivity index (χ4v) is 2.42. The predicted molar refractivity (Wildman–Crippen MR) is 58.9 cm³/mol. The van der Waals surface area contributed by atoms with Crippen molar-refractivity contribution in [3.8, 4) is 0 Å². The van der Waals surface area contributed by atoms with Gasteiger partial charge in [-0.15, -0.1) is 0 Å². The largest absolute Gasteiger partial charge is 0.480 e.